The fraction of sp³-hybridized carbons (Fsp3) is 0.571. The minimum absolute atomic E-state index is 0.253. The van der Waals surface area contributed by atoms with E-state index in [1.165, 1.54) is 6.07 Å². The molecule has 2 nitrogen and oxygen atoms in total. The van der Waals surface area contributed by atoms with Gasteiger partial charge in [-0.2, -0.15) is 0 Å². The van der Waals surface area contributed by atoms with Gasteiger partial charge in [0.15, 0.2) is 0 Å². The lowest BCUT2D eigenvalue weighted by Crippen LogP contribution is -2.02. The zero-order valence-electron chi connectivity index (χ0n) is 11.9. The van der Waals surface area contributed by atoms with E-state index in [1.807, 2.05) is 27.7 Å². The van der Waals surface area contributed by atoms with Crippen molar-refractivity contribution in [2.75, 3.05) is 20.3 Å². The lowest BCUT2D eigenvalue weighted by atomic mass is 10.2. The molecule has 1 rings (SSSR count). The smallest absolute Gasteiger partial charge is 0.129 e. The Bertz CT molecular complexity index is 293. The Balaban J connectivity index is 0. The first-order valence-electron chi connectivity index (χ1n) is 6.24. The molecule has 0 aliphatic carbocycles. The van der Waals surface area contributed by atoms with Gasteiger partial charge in [0, 0.05) is 17.1 Å². The maximum Gasteiger partial charge on any atom is 0.129 e. The Morgan fingerprint density at radius 1 is 1.11 bits per heavy atom. The third kappa shape index (κ3) is 9.57. The molecule has 0 heterocycles. The molecule has 1 aromatic rings. The molecule has 0 atom stereocenters. The molecule has 0 bridgehead atoms. The van der Waals surface area contributed by atoms with Crippen LogP contribution in [0, 0.1) is 5.82 Å². The van der Waals surface area contributed by atoms with Gasteiger partial charge in [0.25, 0.3) is 0 Å². The van der Waals surface area contributed by atoms with E-state index in [2.05, 4.69) is 15.9 Å². The summed E-state index contributed by atoms with van der Waals surface area (Å²) < 4.78 is 24.0. The van der Waals surface area contributed by atoms with E-state index in [0.29, 0.717) is 18.8 Å². The van der Waals surface area contributed by atoms with Crippen LogP contribution in [0.3, 0.4) is 0 Å². The summed E-state index contributed by atoms with van der Waals surface area (Å²) >= 11 is 3.19. The maximum absolute atomic E-state index is 13.2. The molecular weight excluding hydrogens is 299 g/mol. The highest BCUT2D eigenvalue weighted by atomic mass is 79.9. The van der Waals surface area contributed by atoms with E-state index < -0.39 is 0 Å². The van der Waals surface area contributed by atoms with Crippen molar-refractivity contribution in [2.45, 2.75) is 34.3 Å². The second-order valence-electron chi connectivity index (χ2n) is 2.78. The topological polar surface area (TPSA) is 18.5 Å². The molecule has 0 amide bonds. The maximum atomic E-state index is 13.2. The summed E-state index contributed by atoms with van der Waals surface area (Å²) in [4.78, 5) is 0. The molecule has 106 valence electrons. The van der Waals surface area contributed by atoms with Gasteiger partial charge in [0.1, 0.15) is 5.82 Å². The molecule has 1 aromatic carbocycles. The molecule has 0 spiro atoms. The van der Waals surface area contributed by atoms with Crippen molar-refractivity contribution in [1.82, 2.24) is 0 Å². The number of halogens is 2. The third-order valence-electron chi connectivity index (χ3n) is 1.70. The van der Waals surface area contributed by atoms with Crippen LogP contribution in [0.4, 0.5) is 4.39 Å². The Labute approximate surface area is 119 Å². The van der Waals surface area contributed by atoms with E-state index in [-0.39, 0.29) is 12.4 Å². The van der Waals surface area contributed by atoms with Gasteiger partial charge >= 0.3 is 0 Å². The van der Waals surface area contributed by atoms with Crippen LogP contribution in [0.5, 0.6) is 0 Å². The van der Waals surface area contributed by atoms with Crippen LogP contribution in [0.25, 0.3) is 0 Å². The van der Waals surface area contributed by atoms with Gasteiger partial charge in [-0.3, -0.25) is 0 Å². The highest BCUT2D eigenvalue weighted by Gasteiger charge is 2.02. The Morgan fingerprint density at radius 2 is 1.72 bits per heavy atom. The summed E-state index contributed by atoms with van der Waals surface area (Å²) in [5.74, 6) is -0.253. The molecule has 4 heteroatoms. The van der Waals surface area contributed by atoms with E-state index in [0.717, 1.165) is 4.47 Å². The van der Waals surface area contributed by atoms with Crippen molar-refractivity contribution in [3.63, 3.8) is 0 Å². The summed E-state index contributed by atoms with van der Waals surface area (Å²) in [6.07, 6.45) is 0. The van der Waals surface area contributed by atoms with E-state index in [4.69, 9.17) is 9.47 Å². The highest BCUT2D eigenvalue weighted by molar-refractivity contribution is 9.10. The fourth-order valence-corrected chi connectivity index (χ4v) is 1.30. The molecule has 0 fully saturated rings. The average molecular weight is 323 g/mol. The van der Waals surface area contributed by atoms with Gasteiger partial charge in [-0.1, -0.05) is 49.7 Å². The van der Waals surface area contributed by atoms with Gasteiger partial charge < -0.3 is 9.47 Å². The van der Waals surface area contributed by atoms with Crippen molar-refractivity contribution in [3.8, 4) is 0 Å². The summed E-state index contributed by atoms with van der Waals surface area (Å²) in [6.45, 7) is 9.28. The zero-order chi connectivity index (χ0) is 14.4. The van der Waals surface area contributed by atoms with E-state index in [9.17, 15) is 4.39 Å². The fourth-order valence-electron chi connectivity index (χ4n) is 0.963. The highest BCUT2D eigenvalue weighted by Crippen LogP contribution is 2.15. The molecule has 0 saturated carbocycles. The number of hydrogen-bond acceptors (Lipinski definition) is 2. The minimum atomic E-state index is -0.253. The standard InChI is InChI=1S/C10H12BrFO2.2C2H6/c1-13-4-5-14-7-8-2-3-9(11)6-10(8)12;2*1-2/h2-3,6H,4-5,7H2,1H3;2*1-2H3. The lowest BCUT2D eigenvalue weighted by Gasteiger charge is -2.05. The predicted molar refractivity (Wildman–Crippen MR) is 78.3 cm³/mol. The normalized spacial score (nSPS) is 8.83. The van der Waals surface area contributed by atoms with Crippen LogP contribution in [0.1, 0.15) is 33.3 Å². The van der Waals surface area contributed by atoms with Crippen LogP contribution in [-0.4, -0.2) is 20.3 Å². The molecule has 0 N–H and O–H groups in total. The van der Waals surface area contributed by atoms with Crippen LogP contribution >= 0.6 is 15.9 Å². The zero-order valence-corrected chi connectivity index (χ0v) is 13.5. The molecule has 18 heavy (non-hydrogen) atoms. The van der Waals surface area contributed by atoms with Gasteiger partial charge in [0.2, 0.25) is 0 Å². The molecule has 0 aromatic heterocycles. The molecule has 0 aliphatic rings. The molecule has 0 aliphatic heterocycles. The van der Waals surface area contributed by atoms with Crippen LogP contribution < -0.4 is 0 Å². The number of hydrogen-bond donors (Lipinski definition) is 0. The lowest BCUT2D eigenvalue weighted by molar-refractivity contribution is 0.0604. The quantitative estimate of drug-likeness (QED) is 0.725. The molecule has 0 radical (unpaired) electrons. The second-order valence-corrected chi connectivity index (χ2v) is 3.70. The third-order valence-corrected chi connectivity index (χ3v) is 2.20. The second kappa shape index (κ2) is 14.6. The van der Waals surface area contributed by atoms with Crippen LogP contribution in [-0.2, 0) is 16.1 Å². The van der Waals surface area contributed by atoms with E-state index in [1.54, 1.807) is 19.2 Å². The largest absolute Gasteiger partial charge is 0.382 e. The van der Waals surface area contributed by atoms with Crippen molar-refractivity contribution in [1.29, 1.82) is 0 Å². The first-order chi connectivity index (χ1) is 8.74. The van der Waals surface area contributed by atoms with Gasteiger partial charge in [-0.15, -0.1) is 0 Å². The van der Waals surface area contributed by atoms with Gasteiger partial charge in [-0.05, 0) is 12.1 Å². The van der Waals surface area contributed by atoms with Crippen LogP contribution in [0.2, 0.25) is 0 Å². The van der Waals surface area contributed by atoms with Crippen molar-refractivity contribution in [3.05, 3.63) is 34.1 Å². The molecule has 0 saturated heterocycles. The monoisotopic (exact) mass is 322 g/mol. The summed E-state index contributed by atoms with van der Waals surface area (Å²) in [6, 6.07) is 4.92. The van der Waals surface area contributed by atoms with Gasteiger partial charge in [0.05, 0.1) is 19.8 Å². The number of rotatable bonds is 5. The van der Waals surface area contributed by atoms with Crippen molar-refractivity contribution in [2.24, 2.45) is 0 Å². The van der Waals surface area contributed by atoms with Crippen LogP contribution in [0.15, 0.2) is 22.7 Å². The molecule has 0 unspecified atom stereocenters. The Kier molecular flexibility index (Phi) is 16.1. The Hall–Kier alpha value is -0.450. The summed E-state index contributed by atoms with van der Waals surface area (Å²) in [5, 5.41) is 0. The average Bonchev–Trinajstić information content (AvgIpc) is 2.41. The SMILES string of the molecule is CC.CC.COCCOCc1ccc(Br)cc1F. The Morgan fingerprint density at radius 3 is 2.22 bits per heavy atom. The number of ether oxygens (including phenoxy) is 2. The predicted octanol–water partition coefficient (Wildman–Crippen LogP) is 4.80. The summed E-state index contributed by atoms with van der Waals surface area (Å²) in [7, 11) is 1.60. The number of benzene rings is 1. The van der Waals surface area contributed by atoms with Crippen molar-refractivity contribution >= 4 is 15.9 Å². The molecular formula is C14H24BrFO2. The minimum Gasteiger partial charge on any atom is -0.382 e. The number of methoxy groups -OCH3 is 1. The van der Waals surface area contributed by atoms with Gasteiger partial charge in [-0.25, -0.2) is 4.39 Å². The summed E-state index contributed by atoms with van der Waals surface area (Å²) in [5.41, 5.74) is 0.560. The van der Waals surface area contributed by atoms with Crippen molar-refractivity contribution < 1.29 is 13.9 Å². The van der Waals surface area contributed by atoms with E-state index >= 15 is 0 Å². The first kappa shape index (κ1) is 19.9. The first-order valence-corrected chi connectivity index (χ1v) is 7.04.